The van der Waals surface area contributed by atoms with E-state index in [-0.39, 0.29) is 18.6 Å². The average Bonchev–Trinajstić information content (AvgIpc) is 2.49. The van der Waals surface area contributed by atoms with E-state index in [0.29, 0.717) is 12.8 Å². The van der Waals surface area contributed by atoms with Crippen molar-refractivity contribution in [2.24, 2.45) is 5.41 Å². The van der Waals surface area contributed by atoms with Gasteiger partial charge in [-0.2, -0.15) is 0 Å². The van der Waals surface area contributed by atoms with Gasteiger partial charge in [0.15, 0.2) is 0 Å². The summed E-state index contributed by atoms with van der Waals surface area (Å²) in [6, 6.07) is 3.10. The number of carbonyl (C=O) groups excluding carboxylic acids is 1. The minimum Gasteiger partial charge on any atom is -0.481 e. The van der Waals surface area contributed by atoms with E-state index < -0.39 is 11.4 Å². The fourth-order valence-electron chi connectivity index (χ4n) is 2.09. The largest absolute Gasteiger partial charge is 0.481 e. The summed E-state index contributed by atoms with van der Waals surface area (Å²) in [6.07, 6.45) is 4.29. The van der Waals surface area contributed by atoms with Gasteiger partial charge in [-0.1, -0.05) is 19.9 Å². The molecule has 1 unspecified atom stereocenters. The van der Waals surface area contributed by atoms with E-state index in [9.17, 15) is 14.7 Å². The van der Waals surface area contributed by atoms with Gasteiger partial charge in [0.2, 0.25) is 0 Å². The Hall–Kier alpha value is -2.11. The summed E-state index contributed by atoms with van der Waals surface area (Å²) in [7, 11) is 0. The summed E-state index contributed by atoms with van der Waals surface area (Å²) in [5.41, 5.74) is -0.0161. The summed E-state index contributed by atoms with van der Waals surface area (Å²) in [5.74, 6) is -0.881. The zero-order chi connectivity index (χ0) is 15.9. The lowest BCUT2D eigenvalue weighted by atomic mass is 9.82. The number of rotatable bonds is 7. The van der Waals surface area contributed by atoms with Gasteiger partial charge in [-0.05, 0) is 31.4 Å². The summed E-state index contributed by atoms with van der Waals surface area (Å²) in [5, 5.41) is 14.7. The second-order valence-electron chi connectivity index (χ2n) is 5.13. The number of nitrogens with one attached hydrogen (secondary N) is 2. The van der Waals surface area contributed by atoms with Gasteiger partial charge in [-0.25, -0.2) is 4.79 Å². The van der Waals surface area contributed by atoms with Gasteiger partial charge in [0, 0.05) is 18.9 Å². The van der Waals surface area contributed by atoms with Crippen molar-refractivity contribution < 1.29 is 14.7 Å². The molecule has 2 amide bonds. The lowest BCUT2D eigenvalue weighted by molar-refractivity contribution is -0.149. The van der Waals surface area contributed by atoms with Crippen LogP contribution in [0.2, 0.25) is 0 Å². The number of carboxylic acids is 1. The summed E-state index contributed by atoms with van der Waals surface area (Å²) >= 11 is 0. The van der Waals surface area contributed by atoms with Gasteiger partial charge in [0.25, 0.3) is 0 Å². The molecule has 0 aromatic carbocycles. The summed E-state index contributed by atoms with van der Waals surface area (Å²) < 4.78 is 0. The van der Waals surface area contributed by atoms with Crippen molar-refractivity contribution in [1.82, 2.24) is 15.6 Å². The van der Waals surface area contributed by atoms with Gasteiger partial charge < -0.3 is 15.7 Å². The van der Waals surface area contributed by atoms with Crippen LogP contribution < -0.4 is 10.6 Å². The number of carbonyl (C=O) groups is 2. The first-order valence-corrected chi connectivity index (χ1v) is 7.13. The van der Waals surface area contributed by atoms with Gasteiger partial charge >= 0.3 is 12.0 Å². The monoisotopic (exact) mass is 293 g/mol. The summed E-state index contributed by atoms with van der Waals surface area (Å²) in [6.45, 7) is 5.59. The Bertz CT molecular complexity index is 472. The molecule has 0 saturated heterocycles. The SMILES string of the molecule is CCC(CC)(CNC(=O)NC(C)c1cccnc1)C(=O)O. The van der Waals surface area contributed by atoms with Crippen molar-refractivity contribution in [3.05, 3.63) is 30.1 Å². The van der Waals surface area contributed by atoms with E-state index in [1.165, 1.54) is 0 Å². The highest BCUT2D eigenvalue weighted by molar-refractivity contribution is 5.78. The molecule has 1 aromatic heterocycles. The van der Waals surface area contributed by atoms with Crippen LogP contribution >= 0.6 is 0 Å². The maximum Gasteiger partial charge on any atom is 0.315 e. The number of hydrogen-bond donors (Lipinski definition) is 3. The predicted molar refractivity (Wildman–Crippen MR) is 79.8 cm³/mol. The Balaban J connectivity index is 2.56. The third kappa shape index (κ3) is 4.44. The van der Waals surface area contributed by atoms with Crippen molar-refractivity contribution in [2.75, 3.05) is 6.54 Å². The fraction of sp³-hybridized carbons (Fsp3) is 0.533. The van der Waals surface area contributed by atoms with Crippen LogP contribution in [0.4, 0.5) is 4.79 Å². The number of aliphatic carboxylic acids is 1. The van der Waals surface area contributed by atoms with Crippen molar-refractivity contribution in [2.45, 2.75) is 39.7 Å². The van der Waals surface area contributed by atoms with E-state index in [1.54, 1.807) is 18.5 Å². The number of hydrogen-bond acceptors (Lipinski definition) is 3. The smallest absolute Gasteiger partial charge is 0.315 e. The maximum absolute atomic E-state index is 11.9. The summed E-state index contributed by atoms with van der Waals surface area (Å²) in [4.78, 5) is 27.3. The number of amides is 2. The molecule has 0 aliphatic carbocycles. The molecule has 0 aliphatic heterocycles. The molecule has 116 valence electrons. The first-order chi connectivity index (χ1) is 9.95. The topological polar surface area (TPSA) is 91.3 Å². The van der Waals surface area contributed by atoms with E-state index in [1.807, 2.05) is 26.8 Å². The van der Waals surface area contributed by atoms with Crippen molar-refractivity contribution >= 4 is 12.0 Å². The van der Waals surface area contributed by atoms with Crippen LogP contribution in [-0.2, 0) is 4.79 Å². The van der Waals surface area contributed by atoms with E-state index in [0.717, 1.165) is 5.56 Å². The Kier molecular flexibility index (Phi) is 6.14. The molecule has 0 aliphatic rings. The van der Waals surface area contributed by atoms with E-state index in [2.05, 4.69) is 15.6 Å². The minimum absolute atomic E-state index is 0.112. The second kappa shape index (κ2) is 7.61. The van der Waals surface area contributed by atoms with Crippen LogP contribution in [0.5, 0.6) is 0 Å². The molecule has 6 nitrogen and oxygen atoms in total. The van der Waals surface area contributed by atoms with E-state index >= 15 is 0 Å². The highest BCUT2D eigenvalue weighted by atomic mass is 16.4. The van der Waals surface area contributed by atoms with Crippen LogP contribution in [0.15, 0.2) is 24.5 Å². The van der Waals surface area contributed by atoms with Crippen molar-refractivity contribution in [1.29, 1.82) is 0 Å². The lowest BCUT2D eigenvalue weighted by Crippen LogP contribution is -2.46. The zero-order valence-corrected chi connectivity index (χ0v) is 12.7. The number of aromatic nitrogens is 1. The Morgan fingerprint density at radius 3 is 2.52 bits per heavy atom. The maximum atomic E-state index is 11.9. The van der Waals surface area contributed by atoms with E-state index in [4.69, 9.17) is 0 Å². The van der Waals surface area contributed by atoms with Gasteiger partial charge in [0.1, 0.15) is 0 Å². The fourth-order valence-corrected chi connectivity index (χ4v) is 2.09. The van der Waals surface area contributed by atoms with Crippen LogP contribution in [-0.4, -0.2) is 28.6 Å². The highest BCUT2D eigenvalue weighted by Gasteiger charge is 2.35. The van der Waals surface area contributed by atoms with Crippen LogP contribution in [0.3, 0.4) is 0 Å². The Labute approximate surface area is 125 Å². The number of nitrogens with zero attached hydrogens (tertiary/aromatic N) is 1. The molecule has 21 heavy (non-hydrogen) atoms. The molecular weight excluding hydrogens is 270 g/mol. The first-order valence-electron chi connectivity index (χ1n) is 7.13. The Morgan fingerprint density at radius 1 is 1.38 bits per heavy atom. The molecule has 6 heteroatoms. The quantitative estimate of drug-likeness (QED) is 0.719. The molecule has 0 saturated carbocycles. The Morgan fingerprint density at radius 2 is 2.05 bits per heavy atom. The molecule has 0 spiro atoms. The molecule has 0 fully saturated rings. The van der Waals surface area contributed by atoms with Gasteiger partial charge in [-0.3, -0.25) is 9.78 Å². The normalized spacial score (nSPS) is 12.5. The highest BCUT2D eigenvalue weighted by Crippen LogP contribution is 2.25. The number of urea groups is 1. The number of carboxylic acid groups (broad SMARTS) is 1. The molecule has 0 radical (unpaired) electrons. The third-order valence-electron chi connectivity index (χ3n) is 3.93. The van der Waals surface area contributed by atoms with Gasteiger partial charge in [-0.15, -0.1) is 0 Å². The molecule has 1 aromatic rings. The number of pyridine rings is 1. The van der Waals surface area contributed by atoms with Crippen LogP contribution in [0.1, 0.15) is 45.2 Å². The third-order valence-corrected chi connectivity index (χ3v) is 3.93. The standard InChI is InChI=1S/C15H23N3O3/c1-4-15(5-2,13(19)20)10-17-14(21)18-11(3)12-7-6-8-16-9-12/h6-9,11H,4-5,10H2,1-3H3,(H,19,20)(H2,17,18,21). The molecular formula is C15H23N3O3. The minimum atomic E-state index is -0.908. The average molecular weight is 293 g/mol. The van der Waals surface area contributed by atoms with Crippen molar-refractivity contribution in [3.8, 4) is 0 Å². The van der Waals surface area contributed by atoms with Crippen LogP contribution in [0.25, 0.3) is 0 Å². The second-order valence-corrected chi connectivity index (χ2v) is 5.13. The molecule has 0 bridgehead atoms. The zero-order valence-electron chi connectivity index (χ0n) is 12.7. The predicted octanol–water partition coefficient (Wildman–Crippen LogP) is 2.33. The molecule has 3 N–H and O–H groups in total. The van der Waals surface area contributed by atoms with Gasteiger partial charge in [0.05, 0.1) is 11.5 Å². The van der Waals surface area contributed by atoms with Crippen LogP contribution in [0, 0.1) is 5.41 Å². The van der Waals surface area contributed by atoms with Crippen molar-refractivity contribution in [3.63, 3.8) is 0 Å². The molecule has 1 atom stereocenters. The first kappa shape index (κ1) is 16.9. The molecule has 1 rings (SSSR count). The lowest BCUT2D eigenvalue weighted by Gasteiger charge is -2.27. The molecule has 1 heterocycles.